The summed E-state index contributed by atoms with van der Waals surface area (Å²) >= 11 is 0. The first kappa shape index (κ1) is 18.9. The first-order valence-electron chi connectivity index (χ1n) is 7.48. The van der Waals surface area contributed by atoms with Crippen LogP contribution in [0, 0.1) is 5.82 Å². The fourth-order valence-electron chi connectivity index (χ4n) is 1.75. The summed E-state index contributed by atoms with van der Waals surface area (Å²) in [5, 5.41) is 6.21. The van der Waals surface area contributed by atoms with E-state index in [0.29, 0.717) is 32.1 Å². The van der Waals surface area contributed by atoms with Crippen LogP contribution < -0.4 is 10.6 Å². The second-order valence-corrected chi connectivity index (χ2v) is 5.18. The molecule has 0 atom stereocenters. The average Bonchev–Trinajstić information content (AvgIpc) is 2.51. The van der Waals surface area contributed by atoms with E-state index >= 15 is 0 Å². The van der Waals surface area contributed by atoms with Gasteiger partial charge in [-0.2, -0.15) is 0 Å². The third kappa shape index (κ3) is 8.15. The Balaban J connectivity index is 2.50. The minimum atomic E-state index is -0.244. The number of methoxy groups -OCH3 is 1. The zero-order valence-electron chi connectivity index (χ0n) is 13.9. The van der Waals surface area contributed by atoms with Gasteiger partial charge >= 0.3 is 0 Å². The number of guanidine groups is 1. The van der Waals surface area contributed by atoms with Gasteiger partial charge in [-0.15, -0.1) is 0 Å². The van der Waals surface area contributed by atoms with Crippen LogP contribution in [0.25, 0.3) is 0 Å². The molecule has 0 saturated carbocycles. The van der Waals surface area contributed by atoms with E-state index < -0.39 is 0 Å². The van der Waals surface area contributed by atoms with Gasteiger partial charge in [-0.1, -0.05) is 12.1 Å². The molecule has 128 valence electrons. The van der Waals surface area contributed by atoms with Gasteiger partial charge in [0.2, 0.25) is 5.91 Å². The monoisotopic (exact) mass is 324 g/mol. The van der Waals surface area contributed by atoms with Crippen LogP contribution >= 0.6 is 0 Å². The molecular formula is C16H25FN4O2. The van der Waals surface area contributed by atoms with E-state index in [4.69, 9.17) is 4.74 Å². The number of ether oxygens (including phenoxy) is 1. The third-order valence-electron chi connectivity index (χ3n) is 3.07. The maximum atomic E-state index is 13.1. The molecule has 0 aliphatic rings. The molecule has 0 bridgehead atoms. The topological polar surface area (TPSA) is 66.0 Å². The lowest BCUT2D eigenvalue weighted by molar-refractivity contribution is -0.127. The maximum Gasteiger partial charge on any atom is 0.243 e. The van der Waals surface area contributed by atoms with E-state index in [2.05, 4.69) is 15.6 Å². The number of aliphatic imine (C=N–C) groups is 1. The Morgan fingerprint density at radius 3 is 2.70 bits per heavy atom. The molecule has 1 amide bonds. The van der Waals surface area contributed by atoms with Gasteiger partial charge in [0.1, 0.15) is 12.4 Å². The van der Waals surface area contributed by atoms with Crippen molar-refractivity contribution in [2.75, 3.05) is 47.4 Å². The van der Waals surface area contributed by atoms with Crippen LogP contribution in [-0.2, 0) is 16.0 Å². The fraction of sp³-hybridized carbons (Fsp3) is 0.500. The number of hydrogen-bond acceptors (Lipinski definition) is 3. The lowest BCUT2D eigenvalue weighted by Gasteiger charge is -2.13. The van der Waals surface area contributed by atoms with Gasteiger partial charge in [0.05, 0.1) is 6.61 Å². The maximum absolute atomic E-state index is 13.1. The van der Waals surface area contributed by atoms with Gasteiger partial charge in [-0.05, 0) is 24.1 Å². The summed E-state index contributed by atoms with van der Waals surface area (Å²) in [6.45, 7) is 1.76. The highest BCUT2D eigenvalue weighted by Crippen LogP contribution is 2.03. The van der Waals surface area contributed by atoms with Crippen LogP contribution in [0.4, 0.5) is 4.39 Å². The van der Waals surface area contributed by atoms with Crippen molar-refractivity contribution in [3.8, 4) is 0 Å². The normalized spacial score (nSPS) is 11.2. The molecule has 0 spiro atoms. The number of nitrogens with zero attached hydrogens (tertiary/aromatic N) is 2. The first-order valence-corrected chi connectivity index (χ1v) is 7.48. The Bertz CT molecular complexity index is 521. The molecule has 0 radical (unpaired) electrons. The number of hydrogen-bond donors (Lipinski definition) is 2. The van der Waals surface area contributed by atoms with Crippen LogP contribution in [0.3, 0.4) is 0 Å². The molecule has 0 aliphatic heterocycles. The summed E-state index contributed by atoms with van der Waals surface area (Å²) in [6.07, 6.45) is 0.657. The van der Waals surface area contributed by atoms with E-state index in [9.17, 15) is 9.18 Å². The van der Waals surface area contributed by atoms with Gasteiger partial charge in [0, 0.05) is 34.3 Å². The van der Waals surface area contributed by atoms with Gasteiger partial charge in [0.25, 0.3) is 0 Å². The lowest BCUT2D eigenvalue weighted by atomic mass is 10.1. The molecule has 0 aliphatic carbocycles. The molecule has 2 N–H and O–H groups in total. The largest absolute Gasteiger partial charge is 0.383 e. The number of carbonyl (C=O) groups is 1. The van der Waals surface area contributed by atoms with Gasteiger partial charge in [0.15, 0.2) is 5.96 Å². The average molecular weight is 324 g/mol. The lowest BCUT2D eigenvalue weighted by Crippen LogP contribution is -2.40. The molecular weight excluding hydrogens is 299 g/mol. The van der Waals surface area contributed by atoms with Crippen molar-refractivity contribution in [2.24, 2.45) is 4.99 Å². The Kier molecular flexibility index (Phi) is 8.67. The SMILES string of the molecule is COCCNC(=NCC(=O)N(C)C)NCCc1cccc(F)c1. The molecule has 1 rings (SSSR count). The summed E-state index contributed by atoms with van der Waals surface area (Å²) in [5.74, 6) is 0.211. The number of benzene rings is 1. The molecule has 0 unspecified atom stereocenters. The van der Waals surface area contributed by atoms with Crippen molar-refractivity contribution in [3.05, 3.63) is 35.6 Å². The first-order chi connectivity index (χ1) is 11.0. The number of halogens is 1. The van der Waals surface area contributed by atoms with Crippen molar-refractivity contribution in [3.63, 3.8) is 0 Å². The highest BCUT2D eigenvalue weighted by atomic mass is 19.1. The predicted octanol–water partition coefficient (Wildman–Crippen LogP) is 0.638. The molecule has 0 aromatic heterocycles. The fourth-order valence-corrected chi connectivity index (χ4v) is 1.75. The summed E-state index contributed by atoms with van der Waals surface area (Å²) in [5.41, 5.74) is 0.901. The van der Waals surface area contributed by atoms with Crippen molar-refractivity contribution >= 4 is 11.9 Å². The van der Waals surface area contributed by atoms with Crippen LogP contribution in [0.15, 0.2) is 29.3 Å². The number of carbonyl (C=O) groups excluding carboxylic acids is 1. The molecule has 7 heteroatoms. The Morgan fingerprint density at radius 2 is 2.04 bits per heavy atom. The van der Waals surface area contributed by atoms with Crippen molar-refractivity contribution < 1.29 is 13.9 Å². The van der Waals surface area contributed by atoms with Gasteiger partial charge < -0.3 is 20.3 Å². The molecule has 0 fully saturated rings. The Morgan fingerprint density at radius 1 is 1.30 bits per heavy atom. The van der Waals surface area contributed by atoms with Crippen LogP contribution in [0.1, 0.15) is 5.56 Å². The zero-order valence-corrected chi connectivity index (χ0v) is 13.9. The predicted molar refractivity (Wildman–Crippen MR) is 89.0 cm³/mol. The molecule has 0 saturated heterocycles. The smallest absolute Gasteiger partial charge is 0.243 e. The van der Waals surface area contributed by atoms with E-state index in [0.717, 1.165) is 5.56 Å². The minimum absolute atomic E-state index is 0.0648. The van der Waals surface area contributed by atoms with E-state index in [1.807, 2.05) is 6.07 Å². The van der Waals surface area contributed by atoms with Crippen molar-refractivity contribution in [1.82, 2.24) is 15.5 Å². The molecule has 23 heavy (non-hydrogen) atoms. The number of nitrogens with one attached hydrogen (secondary N) is 2. The van der Waals surface area contributed by atoms with Gasteiger partial charge in [-0.25, -0.2) is 9.38 Å². The van der Waals surface area contributed by atoms with Crippen molar-refractivity contribution in [2.45, 2.75) is 6.42 Å². The summed E-state index contributed by atoms with van der Waals surface area (Å²) < 4.78 is 18.1. The second-order valence-electron chi connectivity index (χ2n) is 5.18. The van der Waals surface area contributed by atoms with Crippen LogP contribution in [-0.4, -0.2) is 64.2 Å². The Hall–Kier alpha value is -2.15. The van der Waals surface area contributed by atoms with Crippen LogP contribution in [0.5, 0.6) is 0 Å². The summed E-state index contributed by atoms with van der Waals surface area (Å²) in [7, 11) is 4.99. The highest BCUT2D eigenvalue weighted by molar-refractivity contribution is 5.84. The van der Waals surface area contributed by atoms with E-state index in [1.165, 1.54) is 17.0 Å². The van der Waals surface area contributed by atoms with E-state index in [-0.39, 0.29) is 18.3 Å². The molecule has 6 nitrogen and oxygen atoms in total. The van der Waals surface area contributed by atoms with E-state index in [1.54, 1.807) is 27.3 Å². The Labute approximate surface area is 136 Å². The molecule has 1 aromatic rings. The zero-order chi connectivity index (χ0) is 17.1. The summed E-state index contributed by atoms with van der Waals surface area (Å²) in [6, 6.07) is 6.48. The standard InChI is InChI=1S/C16H25FN4O2/c1-21(2)15(22)12-20-16(19-9-10-23-3)18-8-7-13-5-4-6-14(17)11-13/h4-6,11H,7-10,12H2,1-3H3,(H2,18,19,20). The number of likely N-dealkylation sites (N-methyl/N-ethyl adjacent to an activating group) is 1. The van der Waals surface area contributed by atoms with Crippen molar-refractivity contribution in [1.29, 1.82) is 0 Å². The second kappa shape index (κ2) is 10.6. The molecule has 0 heterocycles. The number of amides is 1. The van der Waals surface area contributed by atoms with Crippen LogP contribution in [0.2, 0.25) is 0 Å². The van der Waals surface area contributed by atoms with Gasteiger partial charge in [-0.3, -0.25) is 4.79 Å². The third-order valence-corrected chi connectivity index (χ3v) is 3.07. The number of rotatable bonds is 8. The quantitative estimate of drug-likeness (QED) is 0.418. The highest BCUT2D eigenvalue weighted by Gasteiger charge is 2.04. The minimum Gasteiger partial charge on any atom is -0.383 e. The molecule has 1 aromatic carbocycles. The summed E-state index contributed by atoms with van der Waals surface area (Å²) in [4.78, 5) is 17.3.